The van der Waals surface area contributed by atoms with Gasteiger partial charge in [0, 0.05) is 29.1 Å². The van der Waals surface area contributed by atoms with Gasteiger partial charge in [0.2, 0.25) is 0 Å². The number of fused-ring (bicyclic) bond motifs is 3. The lowest BCUT2D eigenvalue weighted by molar-refractivity contribution is 0.0469. The highest BCUT2D eigenvalue weighted by Gasteiger charge is 2.20. The fourth-order valence-electron chi connectivity index (χ4n) is 3.54. The number of esters is 1. The second kappa shape index (κ2) is 8.39. The molecule has 158 valence electrons. The largest absolute Gasteiger partial charge is 0.496 e. The van der Waals surface area contributed by atoms with Gasteiger partial charge in [-0.1, -0.05) is 30.3 Å². The van der Waals surface area contributed by atoms with Gasteiger partial charge in [-0.15, -0.1) is 0 Å². The molecule has 0 radical (unpaired) electrons. The van der Waals surface area contributed by atoms with E-state index in [-0.39, 0.29) is 17.9 Å². The highest BCUT2D eigenvalue weighted by Crippen LogP contribution is 2.35. The van der Waals surface area contributed by atoms with Crippen LogP contribution in [0.25, 0.3) is 21.7 Å². The van der Waals surface area contributed by atoms with Crippen LogP contribution in [0.2, 0.25) is 0 Å². The molecule has 0 atom stereocenters. The quantitative estimate of drug-likeness (QED) is 0.261. The van der Waals surface area contributed by atoms with E-state index in [1.165, 1.54) is 33.5 Å². The van der Waals surface area contributed by atoms with Crippen LogP contribution in [0.4, 0.5) is 0 Å². The molecule has 0 bridgehead atoms. The van der Waals surface area contributed by atoms with Crippen molar-refractivity contribution in [3.8, 4) is 17.2 Å². The van der Waals surface area contributed by atoms with Gasteiger partial charge in [-0.2, -0.15) is 0 Å². The van der Waals surface area contributed by atoms with E-state index in [1.807, 2.05) is 30.3 Å². The summed E-state index contributed by atoms with van der Waals surface area (Å²) >= 11 is 0. The summed E-state index contributed by atoms with van der Waals surface area (Å²) in [6.07, 6.45) is 0. The van der Waals surface area contributed by atoms with Gasteiger partial charge in [0.05, 0.1) is 21.3 Å². The molecule has 1 aromatic heterocycles. The lowest BCUT2D eigenvalue weighted by Crippen LogP contribution is -2.10. The molecule has 4 aromatic rings. The predicted molar refractivity (Wildman–Crippen MR) is 115 cm³/mol. The van der Waals surface area contributed by atoms with Gasteiger partial charge < -0.3 is 23.4 Å². The monoisotopic (exact) mass is 420 g/mol. The summed E-state index contributed by atoms with van der Waals surface area (Å²) in [5, 5.41) is 2.61. The van der Waals surface area contributed by atoms with E-state index in [1.54, 1.807) is 12.1 Å². The highest BCUT2D eigenvalue weighted by molar-refractivity contribution is 6.07. The molecule has 0 spiro atoms. The van der Waals surface area contributed by atoms with Crippen LogP contribution in [0.15, 0.2) is 63.8 Å². The van der Waals surface area contributed by atoms with Crippen molar-refractivity contribution in [1.29, 1.82) is 0 Å². The molecule has 7 nitrogen and oxygen atoms in total. The van der Waals surface area contributed by atoms with Crippen molar-refractivity contribution >= 4 is 27.7 Å². The number of benzene rings is 3. The number of hydrogen-bond acceptors (Lipinski definition) is 7. The third-order valence-electron chi connectivity index (χ3n) is 5.00. The van der Waals surface area contributed by atoms with Crippen molar-refractivity contribution in [1.82, 2.24) is 0 Å². The fraction of sp³-hybridized carbons (Fsp3) is 0.167. The van der Waals surface area contributed by atoms with Crippen molar-refractivity contribution < 1.29 is 28.2 Å². The Bertz CT molecular complexity index is 1340. The van der Waals surface area contributed by atoms with Crippen molar-refractivity contribution in [3.05, 3.63) is 76.1 Å². The molecule has 4 rings (SSSR count). The average Bonchev–Trinajstić information content (AvgIpc) is 2.80. The molecule has 0 fully saturated rings. The van der Waals surface area contributed by atoms with Crippen LogP contribution in [0.1, 0.15) is 15.9 Å². The average molecular weight is 420 g/mol. The van der Waals surface area contributed by atoms with E-state index in [0.717, 1.165) is 16.2 Å². The fourth-order valence-corrected chi connectivity index (χ4v) is 3.54. The summed E-state index contributed by atoms with van der Waals surface area (Å²) in [4.78, 5) is 24.9. The third kappa shape index (κ3) is 3.77. The highest BCUT2D eigenvalue weighted by atomic mass is 16.5. The second-order valence-electron chi connectivity index (χ2n) is 6.73. The maximum atomic E-state index is 12.8. The van der Waals surface area contributed by atoms with E-state index >= 15 is 0 Å². The molecule has 0 unspecified atom stereocenters. The molecule has 0 N–H and O–H groups in total. The molecule has 0 saturated heterocycles. The first-order valence-corrected chi connectivity index (χ1v) is 9.47. The number of methoxy groups -OCH3 is 3. The minimum Gasteiger partial charge on any atom is -0.496 e. The number of carbonyl (C=O) groups is 1. The Kier molecular flexibility index (Phi) is 5.49. The summed E-state index contributed by atoms with van der Waals surface area (Å²) in [5.41, 5.74) is 0.645. The Morgan fingerprint density at radius 3 is 2.32 bits per heavy atom. The number of ether oxygens (including phenoxy) is 4. The standard InChI is InChI=1S/C24H20O7/c1-27-19-12-21(29-3)20(28-2)11-17(19)24(26)30-13-15-10-22(25)31-18-9-8-14-6-4-5-7-16(14)23(15)18/h4-12H,13H2,1-3H3. The van der Waals surface area contributed by atoms with Crippen molar-refractivity contribution in [2.45, 2.75) is 6.61 Å². The third-order valence-corrected chi connectivity index (χ3v) is 5.00. The van der Waals surface area contributed by atoms with Gasteiger partial charge in [0.1, 0.15) is 23.5 Å². The molecule has 0 aliphatic heterocycles. The Morgan fingerprint density at radius 2 is 1.58 bits per heavy atom. The summed E-state index contributed by atoms with van der Waals surface area (Å²) in [6, 6.07) is 15.7. The number of hydrogen-bond donors (Lipinski definition) is 0. The van der Waals surface area contributed by atoms with Crippen LogP contribution in [0, 0.1) is 0 Å². The maximum Gasteiger partial charge on any atom is 0.342 e. The van der Waals surface area contributed by atoms with Crippen LogP contribution in [0.5, 0.6) is 17.2 Å². The van der Waals surface area contributed by atoms with Gasteiger partial charge in [-0.3, -0.25) is 0 Å². The summed E-state index contributed by atoms with van der Waals surface area (Å²) < 4.78 is 26.7. The van der Waals surface area contributed by atoms with E-state index in [2.05, 4.69) is 0 Å². The number of rotatable bonds is 6. The molecule has 0 saturated carbocycles. The Balaban J connectivity index is 1.72. The molecule has 0 aliphatic rings. The first kappa shape index (κ1) is 20.3. The maximum absolute atomic E-state index is 12.8. The molecule has 7 heteroatoms. The molecule has 31 heavy (non-hydrogen) atoms. The Morgan fingerprint density at radius 1 is 0.871 bits per heavy atom. The SMILES string of the molecule is COc1cc(OC)c(C(=O)OCc2cc(=O)oc3ccc4ccccc4c23)cc1OC. The van der Waals surface area contributed by atoms with Crippen LogP contribution < -0.4 is 19.8 Å². The van der Waals surface area contributed by atoms with Gasteiger partial charge in [-0.25, -0.2) is 9.59 Å². The molecule has 0 amide bonds. The summed E-state index contributed by atoms with van der Waals surface area (Å²) in [6.45, 7) is -0.119. The Labute approximate surface area is 177 Å². The smallest absolute Gasteiger partial charge is 0.342 e. The van der Waals surface area contributed by atoms with E-state index in [9.17, 15) is 9.59 Å². The van der Waals surface area contributed by atoms with Crippen LogP contribution in [-0.4, -0.2) is 27.3 Å². The molecule has 1 heterocycles. The molecular formula is C24H20O7. The zero-order valence-electron chi connectivity index (χ0n) is 17.3. The predicted octanol–water partition coefficient (Wildman–Crippen LogP) is 4.33. The van der Waals surface area contributed by atoms with Gasteiger partial charge >= 0.3 is 11.6 Å². The van der Waals surface area contributed by atoms with Crippen molar-refractivity contribution in [3.63, 3.8) is 0 Å². The van der Waals surface area contributed by atoms with Gasteiger partial charge in [-0.05, 0) is 16.8 Å². The van der Waals surface area contributed by atoms with Crippen molar-refractivity contribution in [2.75, 3.05) is 21.3 Å². The summed E-state index contributed by atoms with van der Waals surface area (Å²) in [7, 11) is 4.41. The van der Waals surface area contributed by atoms with Crippen molar-refractivity contribution in [2.24, 2.45) is 0 Å². The summed E-state index contributed by atoms with van der Waals surface area (Å²) in [5.74, 6) is 0.450. The Hall–Kier alpha value is -4.00. The zero-order chi connectivity index (χ0) is 22.0. The minimum absolute atomic E-state index is 0.119. The minimum atomic E-state index is -0.626. The lowest BCUT2D eigenvalue weighted by atomic mass is 10.0. The topological polar surface area (TPSA) is 84.2 Å². The first-order chi connectivity index (χ1) is 15.0. The van der Waals surface area contributed by atoms with Crippen LogP contribution >= 0.6 is 0 Å². The molecular weight excluding hydrogens is 400 g/mol. The van der Waals surface area contributed by atoms with E-state index in [0.29, 0.717) is 22.6 Å². The van der Waals surface area contributed by atoms with Crippen LogP contribution in [0.3, 0.4) is 0 Å². The zero-order valence-corrected chi connectivity index (χ0v) is 17.3. The number of carbonyl (C=O) groups excluding carboxylic acids is 1. The van der Waals surface area contributed by atoms with E-state index < -0.39 is 11.6 Å². The molecule has 3 aromatic carbocycles. The van der Waals surface area contributed by atoms with Gasteiger partial charge in [0.15, 0.2) is 11.5 Å². The molecule has 0 aliphatic carbocycles. The van der Waals surface area contributed by atoms with E-state index in [4.69, 9.17) is 23.4 Å². The normalized spacial score (nSPS) is 10.8. The second-order valence-corrected chi connectivity index (χ2v) is 6.73. The van der Waals surface area contributed by atoms with Gasteiger partial charge in [0.25, 0.3) is 0 Å². The first-order valence-electron chi connectivity index (χ1n) is 9.47. The lowest BCUT2D eigenvalue weighted by Gasteiger charge is -2.14. The van der Waals surface area contributed by atoms with Crippen LogP contribution in [-0.2, 0) is 11.3 Å².